The number of benzene rings is 1. The zero-order valence-corrected chi connectivity index (χ0v) is 13.5. The molecule has 0 spiro atoms. The molecule has 4 heteroatoms. The molecule has 1 saturated heterocycles. The minimum absolute atomic E-state index is 0.183. The van der Waals surface area contributed by atoms with Gasteiger partial charge in [0.2, 0.25) is 5.91 Å². The largest absolute Gasteiger partial charge is 0.341 e. The Hall–Kier alpha value is -0.540. The van der Waals surface area contributed by atoms with Crippen LogP contribution in [0.1, 0.15) is 25.3 Å². The van der Waals surface area contributed by atoms with E-state index in [4.69, 9.17) is 11.6 Å². The van der Waals surface area contributed by atoms with Gasteiger partial charge in [-0.05, 0) is 36.8 Å². The van der Waals surface area contributed by atoms with Crippen LogP contribution in [0.15, 0.2) is 24.3 Å². The van der Waals surface area contributed by atoms with E-state index in [-0.39, 0.29) is 10.7 Å². The van der Waals surface area contributed by atoms with Gasteiger partial charge in [0.05, 0.1) is 4.83 Å². The second-order valence-corrected chi connectivity index (χ2v) is 6.81. The first-order valence-corrected chi connectivity index (χ1v) is 8.03. The number of alkyl halides is 1. The van der Waals surface area contributed by atoms with E-state index in [1.807, 2.05) is 29.2 Å². The fraction of sp³-hybridized carbons (Fsp3) is 0.533. The van der Waals surface area contributed by atoms with E-state index >= 15 is 0 Å². The van der Waals surface area contributed by atoms with Crippen molar-refractivity contribution < 1.29 is 4.79 Å². The van der Waals surface area contributed by atoms with E-state index in [1.165, 1.54) is 6.42 Å². The summed E-state index contributed by atoms with van der Waals surface area (Å²) in [5.41, 5.74) is 1.02. The molecule has 1 aromatic carbocycles. The van der Waals surface area contributed by atoms with Gasteiger partial charge in [-0.2, -0.15) is 0 Å². The Morgan fingerprint density at radius 2 is 2.26 bits per heavy atom. The molecule has 0 aromatic heterocycles. The molecule has 1 aliphatic heterocycles. The van der Waals surface area contributed by atoms with Crippen molar-refractivity contribution in [1.29, 1.82) is 0 Å². The number of piperidine rings is 1. The quantitative estimate of drug-likeness (QED) is 0.761. The average Bonchev–Trinajstić information content (AvgIpc) is 2.40. The molecule has 0 saturated carbocycles. The van der Waals surface area contributed by atoms with Crippen LogP contribution in [0.4, 0.5) is 0 Å². The van der Waals surface area contributed by atoms with Crippen LogP contribution < -0.4 is 0 Å². The lowest BCUT2D eigenvalue weighted by Crippen LogP contribution is -2.43. The standard InChI is InChI=1S/C15H19BrClNO/c1-11-5-4-8-18(10-11)15(19)13(16)9-12-6-2-3-7-14(12)17/h2-3,6-7,11,13H,4-5,8-10H2,1H3. The van der Waals surface area contributed by atoms with Crippen LogP contribution >= 0.6 is 27.5 Å². The highest BCUT2D eigenvalue weighted by Gasteiger charge is 2.26. The maximum absolute atomic E-state index is 12.4. The highest BCUT2D eigenvalue weighted by molar-refractivity contribution is 9.10. The van der Waals surface area contributed by atoms with Crippen molar-refractivity contribution in [2.75, 3.05) is 13.1 Å². The van der Waals surface area contributed by atoms with E-state index in [1.54, 1.807) is 0 Å². The predicted molar refractivity (Wildman–Crippen MR) is 82.8 cm³/mol. The maximum atomic E-state index is 12.4. The molecule has 0 bridgehead atoms. The van der Waals surface area contributed by atoms with Gasteiger partial charge in [0.25, 0.3) is 0 Å². The van der Waals surface area contributed by atoms with Gasteiger partial charge < -0.3 is 4.90 Å². The molecule has 2 unspecified atom stereocenters. The number of likely N-dealkylation sites (tertiary alicyclic amines) is 1. The number of carbonyl (C=O) groups excluding carboxylic acids is 1. The van der Waals surface area contributed by atoms with E-state index in [2.05, 4.69) is 22.9 Å². The Labute approximate surface area is 128 Å². The maximum Gasteiger partial charge on any atom is 0.236 e. The van der Waals surface area contributed by atoms with Crippen LogP contribution in [0.25, 0.3) is 0 Å². The van der Waals surface area contributed by atoms with Gasteiger partial charge in [-0.1, -0.05) is 52.7 Å². The van der Waals surface area contributed by atoms with Crippen LogP contribution in [-0.4, -0.2) is 28.7 Å². The van der Waals surface area contributed by atoms with Crippen LogP contribution in [0.3, 0.4) is 0 Å². The Kier molecular flexibility index (Phi) is 5.28. The zero-order valence-electron chi connectivity index (χ0n) is 11.1. The fourth-order valence-corrected chi connectivity index (χ4v) is 3.38. The summed E-state index contributed by atoms with van der Waals surface area (Å²) >= 11 is 9.66. The summed E-state index contributed by atoms with van der Waals surface area (Å²) in [7, 11) is 0. The number of rotatable bonds is 3. The number of amides is 1. The molecule has 1 fully saturated rings. The summed E-state index contributed by atoms with van der Waals surface area (Å²) in [6, 6.07) is 7.70. The number of hydrogen-bond donors (Lipinski definition) is 0. The van der Waals surface area contributed by atoms with Gasteiger partial charge in [0.1, 0.15) is 0 Å². The molecule has 2 rings (SSSR count). The van der Waals surface area contributed by atoms with Crippen LogP contribution in [0, 0.1) is 5.92 Å². The normalized spacial score (nSPS) is 21.2. The van der Waals surface area contributed by atoms with Crippen molar-refractivity contribution in [2.24, 2.45) is 5.92 Å². The molecule has 19 heavy (non-hydrogen) atoms. The minimum atomic E-state index is -0.183. The monoisotopic (exact) mass is 343 g/mol. The van der Waals surface area contributed by atoms with E-state index < -0.39 is 0 Å². The number of carbonyl (C=O) groups is 1. The van der Waals surface area contributed by atoms with Gasteiger partial charge in [-0.25, -0.2) is 0 Å². The minimum Gasteiger partial charge on any atom is -0.341 e. The van der Waals surface area contributed by atoms with Crippen molar-refractivity contribution in [3.8, 4) is 0 Å². The Morgan fingerprint density at radius 1 is 1.53 bits per heavy atom. The van der Waals surface area contributed by atoms with Gasteiger partial charge in [0, 0.05) is 18.1 Å². The van der Waals surface area contributed by atoms with E-state index in [0.717, 1.165) is 30.1 Å². The third-order valence-corrected chi connectivity index (χ3v) is 4.68. The Bertz CT molecular complexity index is 452. The second kappa shape index (κ2) is 6.76. The molecule has 1 amide bonds. The first-order valence-electron chi connectivity index (χ1n) is 6.74. The molecular weight excluding hydrogens is 326 g/mol. The van der Waals surface area contributed by atoms with E-state index in [0.29, 0.717) is 12.3 Å². The van der Waals surface area contributed by atoms with Crippen molar-refractivity contribution in [3.05, 3.63) is 34.9 Å². The third-order valence-electron chi connectivity index (χ3n) is 3.59. The SMILES string of the molecule is CC1CCCN(C(=O)C(Br)Cc2ccccc2Cl)C1. The van der Waals surface area contributed by atoms with Gasteiger partial charge in [0.15, 0.2) is 0 Å². The Morgan fingerprint density at radius 3 is 2.95 bits per heavy atom. The molecule has 1 aliphatic rings. The smallest absolute Gasteiger partial charge is 0.236 e. The third kappa shape index (κ3) is 3.96. The highest BCUT2D eigenvalue weighted by atomic mass is 79.9. The van der Waals surface area contributed by atoms with Crippen LogP contribution in [0.2, 0.25) is 5.02 Å². The topological polar surface area (TPSA) is 20.3 Å². The van der Waals surface area contributed by atoms with Crippen molar-refractivity contribution in [2.45, 2.75) is 31.0 Å². The van der Waals surface area contributed by atoms with Crippen molar-refractivity contribution >= 4 is 33.4 Å². The Balaban J connectivity index is 1.97. The summed E-state index contributed by atoms with van der Waals surface area (Å²) in [5, 5.41) is 0.728. The lowest BCUT2D eigenvalue weighted by Gasteiger charge is -2.32. The summed E-state index contributed by atoms with van der Waals surface area (Å²) in [6.45, 7) is 3.97. The second-order valence-electron chi connectivity index (χ2n) is 5.29. The summed E-state index contributed by atoms with van der Waals surface area (Å²) in [4.78, 5) is 14.2. The molecular formula is C15H19BrClNO. The van der Waals surface area contributed by atoms with Crippen molar-refractivity contribution in [3.63, 3.8) is 0 Å². The van der Waals surface area contributed by atoms with E-state index in [9.17, 15) is 4.79 Å². The number of hydrogen-bond acceptors (Lipinski definition) is 1. The lowest BCUT2D eigenvalue weighted by molar-refractivity contribution is -0.132. The molecule has 0 aliphatic carbocycles. The summed E-state index contributed by atoms with van der Waals surface area (Å²) < 4.78 is 0. The molecule has 104 valence electrons. The zero-order chi connectivity index (χ0) is 13.8. The first kappa shape index (κ1) is 14.9. The summed E-state index contributed by atoms with van der Waals surface area (Å²) in [5.74, 6) is 0.796. The summed E-state index contributed by atoms with van der Waals surface area (Å²) in [6.07, 6.45) is 2.98. The van der Waals surface area contributed by atoms with Crippen LogP contribution in [0.5, 0.6) is 0 Å². The molecule has 2 atom stereocenters. The number of nitrogens with zero attached hydrogens (tertiary/aromatic N) is 1. The highest BCUT2D eigenvalue weighted by Crippen LogP contribution is 2.22. The molecule has 1 heterocycles. The molecule has 2 nitrogen and oxygen atoms in total. The predicted octanol–water partition coefficient (Wildman–Crippen LogP) is 3.90. The lowest BCUT2D eigenvalue weighted by atomic mass is 9.99. The average molecular weight is 345 g/mol. The molecule has 1 aromatic rings. The number of halogens is 2. The van der Waals surface area contributed by atoms with Crippen molar-refractivity contribution in [1.82, 2.24) is 4.90 Å². The van der Waals surface area contributed by atoms with Gasteiger partial charge >= 0.3 is 0 Å². The van der Waals surface area contributed by atoms with Crippen LogP contribution in [-0.2, 0) is 11.2 Å². The van der Waals surface area contributed by atoms with Gasteiger partial charge in [-0.3, -0.25) is 4.79 Å². The molecule has 0 N–H and O–H groups in total. The fourth-order valence-electron chi connectivity index (χ4n) is 2.53. The first-order chi connectivity index (χ1) is 9.08. The molecule has 0 radical (unpaired) electrons. The van der Waals surface area contributed by atoms with Gasteiger partial charge in [-0.15, -0.1) is 0 Å².